The molecular weight excluding hydrogens is 498 g/mol. The number of benzene rings is 1. The molecule has 0 saturated carbocycles. The van der Waals surface area contributed by atoms with Crippen LogP contribution in [0.5, 0.6) is 0 Å². The van der Waals surface area contributed by atoms with Crippen molar-refractivity contribution in [2.45, 2.75) is 33.6 Å². The first kappa shape index (κ1) is 32.2. The van der Waals surface area contributed by atoms with Crippen LogP contribution in [0.1, 0.15) is 49.8 Å². The summed E-state index contributed by atoms with van der Waals surface area (Å²) in [5.41, 5.74) is 6.73. The third kappa shape index (κ3) is 9.96. The van der Waals surface area contributed by atoms with E-state index in [1.54, 1.807) is 13.0 Å². The average molecular weight is 542 g/mol. The fourth-order valence-corrected chi connectivity index (χ4v) is 4.15. The predicted molar refractivity (Wildman–Crippen MR) is 168 cm³/mol. The molecule has 2 heterocycles. The number of ketones is 1. The number of imidazole rings is 1. The second-order valence-electron chi connectivity index (χ2n) is 9.83. The van der Waals surface area contributed by atoms with Gasteiger partial charge >= 0.3 is 0 Å². The first-order valence-electron chi connectivity index (χ1n) is 13.5. The summed E-state index contributed by atoms with van der Waals surface area (Å²) in [6.45, 7) is 15.6. The van der Waals surface area contributed by atoms with Gasteiger partial charge in [0.1, 0.15) is 12.9 Å². The van der Waals surface area contributed by atoms with E-state index in [1.807, 2.05) is 36.4 Å². The Balaban J connectivity index is 0.000000270. The fraction of sp³-hybridized carbons (Fsp3) is 0.364. The monoisotopic (exact) mass is 541 g/mol. The summed E-state index contributed by atoms with van der Waals surface area (Å²) in [6, 6.07) is 5.45. The molecular formula is C33H43N5O2. The van der Waals surface area contributed by atoms with Crippen molar-refractivity contribution in [1.82, 2.24) is 19.8 Å². The molecule has 1 aromatic heterocycles. The van der Waals surface area contributed by atoms with Crippen molar-refractivity contribution in [3.05, 3.63) is 83.8 Å². The molecule has 1 saturated heterocycles. The molecule has 1 fully saturated rings. The van der Waals surface area contributed by atoms with Crippen LogP contribution in [-0.4, -0.2) is 78.1 Å². The normalized spacial score (nSPS) is 17.4. The Kier molecular flexibility index (Phi) is 13.6. The Labute approximate surface area is 239 Å². The van der Waals surface area contributed by atoms with Crippen molar-refractivity contribution < 1.29 is 9.63 Å². The molecule has 0 spiro atoms. The maximum Gasteiger partial charge on any atom is 0.159 e. The van der Waals surface area contributed by atoms with E-state index in [9.17, 15) is 4.79 Å². The molecule has 40 heavy (non-hydrogen) atoms. The predicted octanol–water partition coefficient (Wildman–Crippen LogP) is 6.06. The van der Waals surface area contributed by atoms with Crippen LogP contribution in [0.2, 0.25) is 0 Å². The molecule has 212 valence electrons. The van der Waals surface area contributed by atoms with Crippen LogP contribution in [0.4, 0.5) is 0 Å². The SMILES string of the molecule is C#C.C=C/C(C)=C\C=C(/C)CCN1CCN(C)CC1.CO/N=C1\CC=CC=C1c1nc2ccc(C(C)=O)cc2[nH]1. The largest absolute Gasteiger partial charge is 0.399 e. The number of oxime groups is 1. The van der Waals surface area contributed by atoms with Gasteiger partial charge in [-0.05, 0) is 58.5 Å². The van der Waals surface area contributed by atoms with Crippen molar-refractivity contribution in [3.8, 4) is 12.8 Å². The van der Waals surface area contributed by atoms with E-state index in [1.165, 1.54) is 57.4 Å². The minimum absolute atomic E-state index is 0.0366. The zero-order valence-corrected chi connectivity index (χ0v) is 24.6. The van der Waals surface area contributed by atoms with Crippen LogP contribution in [0.25, 0.3) is 16.6 Å². The van der Waals surface area contributed by atoms with E-state index >= 15 is 0 Å². The summed E-state index contributed by atoms with van der Waals surface area (Å²) in [5.74, 6) is 0.764. The number of carbonyl (C=O) groups is 1. The highest BCUT2D eigenvalue weighted by atomic mass is 16.6. The lowest BCUT2D eigenvalue weighted by molar-refractivity contribution is 0.101. The van der Waals surface area contributed by atoms with Gasteiger partial charge in [-0.25, -0.2) is 4.98 Å². The number of Topliss-reactive ketones (excluding diaryl/α,β-unsaturated/α-hetero) is 1. The van der Waals surface area contributed by atoms with Crippen LogP contribution in [0, 0.1) is 12.8 Å². The Morgan fingerprint density at radius 3 is 2.55 bits per heavy atom. The number of likely N-dealkylation sites (N-methyl/N-ethyl adjacent to an activating group) is 1. The molecule has 1 aromatic carbocycles. The van der Waals surface area contributed by atoms with Gasteiger partial charge in [0, 0.05) is 50.3 Å². The summed E-state index contributed by atoms with van der Waals surface area (Å²) in [4.78, 5) is 29.1. The van der Waals surface area contributed by atoms with Gasteiger partial charge in [0.2, 0.25) is 0 Å². The van der Waals surface area contributed by atoms with Crippen LogP contribution < -0.4 is 0 Å². The van der Waals surface area contributed by atoms with Crippen LogP contribution in [0.3, 0.4) is 0 Å². The number of carbonyl (C=O) groups excluding carboxylic acids is 1. The average Bonchev–Trinajstić information content (AvgIpc) is 3.41. The molecule has 1 aliphatic carbocycles. The number of terminal acetylenes is 1. The number of H-pyrrole nitrogens is 1. The van der Waals surface area contributed by atoms with Crippen LogP contribution >= 0.6 is 0 Å². The van der Waals surface area contributed by atoms with E-state index in [0.29, 0.717) is 12.0 Å². The molecule has 0 atom stereocenters. The number of piperazine rings is 1. The standard InChI is InChI=1S/C16H15N3O2.C15H26N2.C2H2/c1-10(20)11-7-8-14-15(9-11)18-16(17-14)12-5-3-4-6-13(12)19-21-2;1-5-14(2)6-7-15(3)8-9-17-12-10-16(4)11-13-17;1-2/h3-5,7-9H,6H2,1-2H3,(H,17,18);5-7H,1,8-13H2,2-4H3;1-2H/b19-13+;14-6-,15-7+;. The van der Waals surface area contributed by atoms with Gasteiger partial charge < -0.3 is 19.6 Å². The second kappa shape index (κ2) is 16.9. The van der Waals surface area contributed by atoms with E-state index in [2.05, 4.69) is 77.4 Å². The van der Waals surface area contributed by atoms with Crippen molar-refractivity contribution in [1.29, 1.82) is 0 Å². The maximum atomic E-state index is 11.4. The first-order chi connectivity index (χ1) is 19.3. The van der Waals surface area contributed by atoms with Gasteiger partial charge in [0.15, 0.2) is 5.78 Å². The molecule has 0 radical (unpaired) electrons. The summed E-state index contributed by atoms with van der Waals surface area (Å²) >= 11 is 0. The Bertz CT molecular complexity index is 1310. The number of hydrogen-bond donors (Lipinski definition) is 1. The second-order valence-corrected chi connectivity index (χ2v) is 9.83. The molecule has 2 aliphatic rings. The quantitative estimate of drug-likeness (QED) is 0.190. The van der Waals surface area contributed by atoms with E-state index in [4.69, 9.17) is 4.84 Å². The summed E-state index contributed by atoms with van der Waals surface area (Å²) in [5, 5.41) is 4.04. The van der Waals surface area contributed by atoms with E-state index in [-0.39, 0.29) is 5.78 Å². The molecule has 7 nitrogen and oxygen atoms in total. The van der Waals surface area contributed by atoms with Crippen molar-refractivity contribution in [2.24, 2.45) is 5.16 Å². The van der Waals surface area contributed by atoms with Gasteiger partial charge in [-0.3, -0.25) is 4.79 Å². The third-order valence-electron chi connectivity index (χ3n) is 6.74. The Morgan fingerprint density at radius 2 is 1.90 bits per heavy atom. The number of nitrogens with zero attached hydrogens (tertiary/aromatic N) is 4. The van der Waals surface area contributed by atoms with Crippen LogP contribution in [-0.2, 0) is 4.84 Å². The number of rotatable bonds is 8. The summed E-state index contributed by atoms with van der Waals surface area (Å²) < 4.78 is 0. The van der Waals surface area contributed by atoms with Gasteiger partial charge in [-0.15, -0.1) is 12.8 Å². The van der Waals surface area contributed by atoms with Gasteiger partial charge in [-0.1, -0.05) is 53.3 Å². The smallest absolute Gasteiger partial charge is 0.159 e. The highest BCUT2D eigenvalue weighted by molar-refractivity contribution is 6.24. The number of aromatic amines is 1. The van der Waals surface area contributed by atoms with Crippen molar-refractivity contribution in [2.75, 3.05) is 46.9 Å². The Morgan fingerprint density at radius 1 is 1.18 bits per heavy atom. The minimum atomic E-state index is 0.0366. The molecule has 1 N–H and O–H groups in total. The van der Waals surface area contributed by atoms with E-state index < -0.39 is 0 Å². The molecule has 0 bridgehead atoms. The minimum Gasteiger partial charge on any atom is -0.399 e. The molecule has 2 aromatic rings. The maximum absolute atomic E-state index is 11.4. The van der Waals surface area contributed by atoms with E-state index in [0.717, 1.165) is 28.1 Å². The number of fused-ring (bicyclic) bond motifs is 1. The highest BCUT2D eigenvalue weighted by Crippen LogP contribution is 2.23. The van der Waals surface area contributed by atoms with Gasteiger partial charge in [0.05, 0.1) is 16.7 Å². The highest BCUT2D eigenvalue weighted by Gasteiger charge is 2.16. The van der Waals surface area contributed by atoms with Gasteiger partial charge in [0.25, 0.3) is 0 Å². The summed E-state index contributed by atoms with van der Waals surface area (Å²) in [6.07, 6.45) is 22.1. The molecule has 0 unspecified atom stereocenters. The van der Waals surface area contributed by atoms with Crippen molar-refractivity contribution >= 4 is 28.1 Å². The third-order valence-corrected chi connectivity index (χ3v) is 6.74. The first-order valence-corrected chi connectivity index (χ1v) is 13.5. The lowest BCUT2D eigenvalue weighted by atomic mass is 10.0. The fourth-order valence-electron chi connectivity index (χ4n) is 4.15. The molecule has 0 amide bonds. The molecule has 1 aliphatic heterocycles. The lowest BCUT2D eigenvalue weighted by Gasteiger charge is -2.32. The molecule has 7 heteroatoms. The molecule has 4 rings (SSSR count). The number of allylic oxidation sites excluding steroid dienone is 8. The number of hydrogen-bond acceptors (Lipinski definition) is 6. The summed E-state index contributed by atoms with van der Waals surface area (Å²) in [7, 11) is 3.73. The van der Waals surface area contributed by atoms with Gasteiger partial charge in [-0.2, -0.15) is 0 Å². The number of aromatic nitrogens is 2. The van der Waals surface area contributed by atoms with Crippen molar-refractivity contribution in [3.63, 3.8) is 0 Å². The zero-order valence-electron chi connectivity index (χ0n) is 24.6. The lowest BCUT2D eigenvalue weighted by Crippen LogP contribution is -2.44. The number of nitrogens with one attached hydrogen (secondary N) is 1. The van der Waals surface area contributed by atoms with Crippen LogP contribution in [0.15, 0.2) is 77.5 Å². The Hall–Kier alpha value is -3.99. The zero-order chi connectivity index (χ0) is 29.5. The topological polar surface area (TPSA) is 73.8 Å².